The summed E-state index contributed by atoms with van der Waals surface area (Å²) in [6.45, 7) is 5.97. The lowest BCUT2D eigenvalue weighted by atomic mass is 10.2. The zero-order valence-electron chi connectivity index (χ0n) is 21.3. The lowest BCUT2D eigenvalue weighted by molar-refractivity contribution is 0.115. The molecule has 1 atom stereocenters. The molecular weight excluding hydrogens is 473 g/mol. The maximum atomic E-state index is 13.9. The molecule has 3 aromatic heterocycles. The maximum Gasteiger partial charge on any atom is 0.280 e. The Labute approximate surface area is 209 Å². The largest absolute Gasteiger partial charge is 0.388 e. The van der Waals surface area contributed by atoms with Crippen LogP contribution >= 0.6 is 0 Å². The molecule has 0 aliphatic rings. The first-order valence-electron chi connectivity index (χ1n) is 11.0. The number of ether oxygens (including phenoxy) is 2. The van der Waals surface area contributed by atoms with Gasteiger partial charge in [0.05, 0.1) is 18.0 Å². The molecule has 0 aliphatic carbocycles. The molecule has 0 fully saturated rings. The first-order chi connectivity index (χ1) is 17.2. The van der Waals surface area contributed by atoms with Crippen LogP contribution < -0.4 is 5.73 Å². The number of hydrogen-bond acceptors (Lipinski definition) is 5. The predicted octanol–water partition coefficient (Wildman–Crippen LogP) is 5.37. The summed E-state index contributed by atoms with van der Waals surface area (Å²) in [7, 11) is 4.98. The van der Waals surface area contributed by atoms with Crippen LogP contribution in [0.5, 0.6) is 0 Å². The van der Waals surface area contributed by atoms with Gasteiger partial charge in [0.1, 0.15) is 17.1 Å². The minimum atomic E-state index is -2.73. The summed E-state index contributed by atoms with van der Waals surface area (Å²) >= 11 is 0. The Kier molecular flexibility index (Phi) is 13.7. The molecule has 8 nitrogen and oxygen atoms in total. The average molecular weight is 507 g/mol. The molecule has 0 aliphatic heterocycles. The monoisotopic (exact) mass is 506 g/mol. The number of aromatic amines is 1. The van der Waals surface area contributed by atoms with Crippen molar-refractivity contribution in [3.05, 3.63) is 77.4 Å². The van der Waals surface area contributed by atoms with E-state index in [1.165, 1.54) is 30.5 Å². The zero-order chi connectivity index (χ0) is 27.1. The van der Waals surface area contributed by atoms with Crippen molar-refractivity contribution in [1.29, 1.82) is 0 Å². The predicted molar refractivity (Wildman–Crippen MR) is 136 cm³/mol. The maximum absolute atomic E-state index is 13.9. The van der Waals surface area contributed by atoms with Crippen LogP contribution in [-0.2, 0) is 9.47 Å². The van der Waals surface area contributed by atoms with Crippen molar-refractivity contribution in [2.75, 3.05) is 21.3 Å². The fraction of sp³-hybridized carbons (Fsp3) is 0.360. The number of hydrogen-bond donors (Lipinski definition) is 2. The highest BCUT2D eigenvalue weighted by atomic mass is 19.3. The number of amidine groups is 2. The van der Waals surface area contributed by atoms with Gasteiger partial charge < -0.3 is 20.2 Å². The molecule has 3 heterocycles. The Balaban J connectivity index is 0.000000621. The second-order valence-corrected chi connectivity index (χ2v) is 7.41. The van der Waals surface area contributed by atoms with E-state index in [0.717, 1.165) is 18.2 Å². The van der Waals surface area contributed by atoms with E-state index in [2.05, 4.69) is 43.5 Å². The molecule has 3 rings (SSSR count). The van der Waals surface area contributed by atoms with Crippen LogP contribution in [0.25, 0.3) is 0 Å². The van der Waals surface area contributed by atoms with Crippen molar-refractivity contribution in [3.63, 3.8) is 0 Å². The van der Waals surface area contributed by atoms with Gasteiger partial charge in [0, 0.05) is 33.7 Å². The number of rotatable bonds is 6. The summed E-state index contributed by atoms with van der Waals surface area (Å²) in [6.07, 6.45) is 2.90. The van der Waals surface area contributed by atoms with Gasteiger partial charge in [-0.25, -0.2) is 28.1 Å². The van der Waals surface area contributed by atoms with E-state index < -0.39 is 17.9 Å². The lowest BCUT2D eigenvalue weighted by Gasteiger charge is -2.06. The Morgan fingerprint density at radius 2 is 1.86 bits per heavy atom. The number of aryl methyl sites for hydroxylation is 1. The lowest BCUT2D eigenvalue weighted by Crippen LogP contribution is -2.19. The number of aromatic nitrogens is 3. The minimum absolute atomic E-state index is 0.0137. The summed E-state index contributed by atoms with van der Waals surface area (Å²) in [5, 5.41) is 0. The van der Waals surface area contributed by atoms with E-state index in [1.807, 2.05) is 6.92 Å². The van der Waals surface area contributed by atoms with E-state index in [9.17, 15) is 13.2 Å². The van der Waals surface area contributed by atoms with E-state index >= 15 is 0 Å². The van der Waals surface area contributed by atoms with Gasteiger partial charge in [-0.15, -0.1) is 0 Å². The number of H-pyrrole nitrogens is 1. The van der Waals surface area contributed by atoms with Gasteiger partial charge in [-0.05, 0) is 50.1 Å². The Hall–Kier alpha value is -3.57. The van der Waals surface area contributed by atoms with Gasteiger partial charge in [-0.1, -0.05) is 13.0 Å². The van der Waals surface area contributed by atoms with Gasteiger partial charge in [-0.3, -0.25) is 4.98 Å². The first-order valence-corrected chi connectivity index (χ1v) is 11.0. The first kappa shape index (κ1) is 30.5. The smallest absolute Gasteiger partial charge is 0.280 e. The molecular formula is C25H33F3N6O2. The molecule has 3 aromatic rings. The number of halogens is 3. The van der Waals surface area contributed by atoms with Gasteiger partial charge >= 0.3 is 0 Å². The molecule has 3 N–H and O–H groups in total. The van der Waals surface area contributed by atoms with E-state index in [4.69, 9.17) is 10.5 Å². The number of aliphatic imine (C=N–C) groups is 2. The third kappa shape index (κ3) is 9.96. The summed E-state index contributed by atoms with van der Waals surface area (Å²) in [5.74, 6) is -0.671. The quantitative estimate of drug-likeness (QED) is 0.345. The fourth-order valence-corrected chi connectivity index (χ4v) is 2.45. The van der Waals surface area contributed by atoms with Crippen molar-refractivity contribution in [1.82, 2.24) is 15.0 Å². The van der Waals surface area contributed by atoms with Crippen LogP contribution in [0.1, 0.15) is 49.3 Å². The van der Waals surface area contributed by atoms with Gasteiger partial charge in [0.15, 0.2) is 17.5 Å². The molecule has 0 saturated carbocycles. The highest BCUT2D eigenvalue weighted by Gasteiger charge is 2.14. The molecule has 196 valence electrons. The number of alkyl halides is 2. The van der Waals surface area contributed by atoms with Crippen LogP contribution in [0.15, 0.2) is 58.9 Å². The third-order valence-corrected chi connectivity index (χ3v) is 4.62. The van der Waals surface area contributed by atoms with Crippen molar-refractivity contribution in [3.8, 4) is 0 Å². The fourth-order valence-electron chi connectivity index (χ4n) is 2.45. The summed E-state index contributed by atoms with van der Waals surface area (Å²) in [5.41, 5.74) is 6.93. The Morgan fingerprint density at radius 1 is 1.17 bits per heavy atom. The molecule has 1 unspecified atom stereocenters. The summed E-state index contributed by atoms with van der Waals surface area (Å²) < 4.78 is 48.8. The van der Waals surface area contributed by atoms with Crippen LogP contribution in [0, 0.1) is 12.7 Å². The van der Waals surface area contributed by atoms with Crippen molar-refractivity contribution in [2.45, 2.75) is 39.7 Å². The highest BCUT2D eigenvalue weighted by Crippen LogP contribution is 2.19. The second kappa shape index (κ2) is 16.2. The minimum Gasteiger partial charge on any atom is -0.388 e. The SMILES string of the molecule is CCC(C)OC.COC.Cc1cc[nH]c1C(N=C(N)c1cccc(C(F)F)n1)=Nc1ccncc1F. The topological polar surface area (TPSA) is 111 Å². The normalized spacial score (nSPS) is 12.4. The zero-order valence-corrected chi connectivity index (χ0v) is 21.3. The molecule has 0 radical (unpaired) electrons. The van der Waals surface area contributed by atoms with Crippen LogP contribution in [0.4, 0.5) is 18.9 Å². The van der Waals surface area contributed by atoms with E-state index in [1.54, 1.807) is 33.6 Å². The van der Waals surface area contributed by atoms with Crippen molar-refractivity contribution >= 4 is 17.4 Å². The van der Waals surface area contributed by atoms with Crippen LogP contribution in [-0.4, -0.2) is 54.1 Å². The molecule has 0 saturated heterocycles. The van der Waals surface area contributed by atoms with Crippen molar-refractivity contribution in [2.24, 2.45) is 15.7 Å². The number of methoxy groups -OCH3 is 2. The standard InChI is InChI=1S/C18H15F3N6.C5H12O.C2H6O/c1-10-5-8-24-15(10)18(26-12-6-7-23-9-11(12)19)27-17(22)14-4-2-3-13(25-14)16(20)21;1-4-5(2)6-3;1-3-2/h2-9,16,24H,1H3,(H2,22,23,26,27);5H,4H2,1-3H3;1-2H3. The van der Waals surface area contributed by atoms with Gasteiger partial charge in [0.25, 0.3) is 6.43 Å². The molecule has 0 bridgehead atoms. The van der Waals surface area contributed by atoms with Gasteiger partial charge in [-0.2, -0.15) is 0 Å². The van der Waals surface area contributed by atoms with E-state index in [-0.39, 0.29) is 23.1 Å². The molecule has 0 aromatic carbocycles. The summed E-state index contributed by atoms with van der Waals surface area (Å²) in [6, 6.07) is 7.23. The molecule has 11 heteroatoms. The number of pyridine rings is 2. The average Bonchev–Trinajstić information content (AvgIpc) is 3.31. The molecule has 36 heavy (non-hydrogen) atoms. The molecule has 0 amide bonds. The van der Waals surface area contributed by atoms with Crippen LogP contribution in [0.3, 0.4) is 0 Å². The second-order valence-electron chi connectivity index (χ2n) is 7.41. The number of nitrogens with one attached hydrogen (secondary N) is 1. The number of nitrogens with zero attached hydrogens (tertiary/aromatic N) is 4. The third-order valence-electron chi connectivity index (χ3n) is 4.62. The van der Waals surface area contributed by atoms with Crippen molar-refractivity contribution < 1.29 is 22.6 Å². The van der Waals surface area contributed by atoms with Gasteiger partial charge in [0.2, 0.25) is 0 Å². The Bertz CT molecular complexity index is 1110. The summed E-state index contributed by atoms with van der Waals surface area (Å²) in [4.78, 5) is 18.8. The molecule has 0 spiro atoms. The van der Waals surface area contributed by atoms with Crippen LogP contribution in [0.2, 0.25) is 0 Å². The van der Waals surface area contributed by atoms with E-state index in [0.29, 0.717) is 11.8 Å². The number of nitrogens with two attached hydrogens (primary N) is 1. The highest BCUT2D eigenvalue weighted by molar-refractivity contribution is 6.10. The Morgan fingerprint density at radius 3 is 2.36 bits per heavy atom.